The van der Waals surface area contributed by atoms with Crippen LogP contribution in [0.2, 0.25) is 5.82 Å². The van der Waals surface area contributed by atoms with Gasteiger partial charge in [0.1, 0.15) is 5.75 Å². The zero-order chi connectivity index (χ0) is 10.6. The minimum absolute atomic E-state index is 0.114. The van der Waals surface area contributed by atoms with Crippen LogP contribution < -0.4 is 4.65 Å². The molecule has 2 N–H and O–H groups in total. The summed E-state index contributed by atoms with van der Waals surface area (Å²) in [7, 11) is -0.884. The van der Waals surface area contributed by atoms with Crippen molar-refractivity contribution in [2.24, 2.45) is 0 Å². The standard InChI is InChI=1S/C9H8BNO4/c12-9(13)7-8-4(1-2-11-7)5-3-6(5)10(14)15-8/h1-2,5-6,14H,3H2,(H,12,13)/t5?,6-/m1/s1. The molecule has 1 aliphatic carbocycles. The smallest absolute Gasteiger partial charge is 0.526 e. The van der Waals surface area contributed by atoms with Gasteiger partial charge >= 0.3 is 13.1 Å². The fourth-order valence-corrected chi connectivity index (χ4v) is 2.13. The van der Waals surface area contributed by atoms with E-state index in [-0.39, 0.29) is 23.2 Å². The molecule has 1 fully saturated rings. The van der Waals surface area contributed by atoms with E-state index in [2.05, 4.69) is 4.98 Å². The Morgan fingerprint density at radius 2 is 2.47 bits per heavy atom. The van der Waals surface area contributed by atoms with Gasteiger partial charge in [-0.25, -0.2) is 9.78 Å². The van der Waals surface area contributed by atoms with Crippen molar-refractivity contribution in [3.8, 4) is 5.75 Å². The Labute approximate surface area is 85.9 Å². The highest BCUT2D eigenvalue weighted by Crippen LogP contribution is 2.59. The zero-order valence-corrected chi connectivity index (χ0v) is 7.75. The number of rotatable bonds is 1. The predicted octanol–water partition coefficient (Wildman–Crippen LogP) is 0.510. The van der Waals surface area contributed by atoms with E-state index in [9.17, 15) is 9.82 Å². The molecule has 2 aliphatic rings. The van der Waals surface area contributed by atoms with Crippen molar-refractivity contribution in [2.75, 3.05) is 0 Å². The lowest BCUT2D eigenvalue weighted by molar-refractivity contribution is 0.0687. The minimum atomic E-state index is -1.13. The summed E-state index contributed by atoms with van der Waals surface area (Å²) in [5.74, 6) is -0.527. The molecule has 76 valence electrons. The van der Waals surface area contributed by atoms with Gasteiger partial charge in [0.2, 0.25) is 0 Å². The number of hydrogen-bond donors (Lipinski definition) is 2. The van der Waals surface area contributed by atoms with Crippen molar-refractivity contribution in [3.05, 3.63) is 23.5 Å². The van der Waals surface area contributed by atoms with E-state index in [1.165, 1.54) is 6.20 Å². The normalized spacial score (nSPS) is 26.3. The van der Waals surface area contributed by atoms with Crippen molar-refractivity contribution >= 4 is 13.1 Å². The molecule has 2 atom stereocenters. The maximum atomic E-state index is 10.9. The first-order valence-corrected chi connectivity index (χ1v) is 4.75. The largest absolute Gasteiger partial charge is 0.534 e. The number of fused-ring (bicyclic) bond motifs is 3. The van der Waals surface area contributed by atoms with Crippen LogP contribution in [-0.4, -0.2) is 28.2 Å². The Hall–Kier alpha value is -1.56. The van der Waals surface area contributed by atoms with Crippen LogP contribution in [0.5, 0.6) is 5.75 Å². The monoisotopic (exact) mass is 205 g/mol. The van der Waals surface area contributed by atoms with Gasteiger partial charge in [-0.2, -0.15) is 0 Å². The van der Waals surface area contributed by atoms with Gasteiger partial charge in [0.15, 0.2) is 5.69 Å². The van der Waals surface area contributed by atoms with Crippen LogP contribution in [0, 0.1) is 0 Å². The molecule has 0 saturated heterocycles. The molecule has 5 nitrogen and oxygen atoms in total. The van der Waals surface area contributed by atoms with Crippen molar-refractivity contribution < 1.29 is 19.6 Å². The van der Waals surface area contributed by atoms with Crippen molar-refractivity contribution in [1.29, 1.82) is 0 Å². The van der Waals surface area contributed by atoms with Crippen LogP contribution in [0.4, 0.5) is 0 Å². The summed E-state index contributed by atoms with van der Waals surface area (Å²) in [6, 6.07) is 1.76. The molecule has 1 aromatic rings. The molecule has 1 aromatic heterocycles. The maximum Gasteiger partial charge on any atom is 0.526 e. The molecule has 0 aromatic carbocycles. The quantitative estimate of drug-likeness (QED) is 0.652. The minimum Gasteiger partial charge on any atom is -0.534 e. The molecule has 0 spiro atoms. The third kappa shape index (κ3) is 1.14. The summed E-state index contributed by atoms with van der Waals surface area (Å²) in [4.78, 5) is 14.6. The van der Waals surface area contributed by atoms with E-state index in [1.807, 2.05) is 0 Å². The Balaban J connectivity index is 2.14. The lowest BCUT2D eigenvalue weighted by Crippen LogP contribution is -2.27. The first-order valence-electron chi connectivity index (χ1n) is 4.75. The lowest BCUT2D eigenvalue weighted by Gasteiger charge is -2.19. The maximum absolute atomic E-state index is 10.9. The molecule has 0 radical (unpaired) electrons. The summed E-state index contributed by atoms with van der Waals surface area (Å²) >= 11 is 0. The summed E-state index contributed by atoms with van der Waals surface area (Å²) in [6.45, 7) is 0. The van der Waals surface area contributed by atoms with Crippen molar-refractivity contribution in [1.82, 2.24) is 4.98 Å². The number of aromatic nitrogens is 1. The van der Waals surface area contributed by atoms with E-state index in [0.29, 0.717) is 0 Å². The Morgan fingerprint density at radius 1 is 1.67 bits per heavy atom. The van der Waals surface area contributed by atoms with Gasteiger partial charge in [0, 0.05) is 12.0 Å². The van der Waals surface area contributed by atoms with Crippen molar-refractivity contribution in [3.63, 3.8) is 0 Å². The van der Waals surface area contributed by atoms with E-state index in [4.69, 9.17) is 9.76 Å². The molecule has 15 heavy (non-hydrogen) atoms. The second-order valence-electron chi connectivity index (χ2n) is 3.90. The molecule has 0 bridgehead atoms. The van der Waals surface area contributed by atoms with Crippen LogP contribution in [0.3, 0.4) is 0 Å². The number of hydrogen-bond acceptors (Lipinski definition) is 4. The van der Waals surface area contributed by atoms with Crippen molar-refractivity contribution in [2.45, 2.75) is 18.2 Å². The molecular formula is C9H8BNO4. The summed E-state index contributed by atoms with van der Waals surface area (Å²) in [5, 5.41) is 18.4. The second-order valence-corrected chi connectivity index (χ2v) is 3.90. The van der Waals surface area contributed by atoms with Crippen LogP contribution in [-0.2, 0) is 0 Å². The fourth-order valence-electron chi connectivity index (χ4n) is 2.13. The van der Waals surface area contributed by atoms with Gasteiger partial charge < -0.3 is 14.8 Å². The van der Waals surface area contributed by atoms with Gasteiger partial charge in [0.05, 0.1) is 0 Å². The van der Waals surface area contributed by atoms with Gasteiger partial charge in [-0.05, 0) is 24.0 Å². The number of carbonyl (C=O) groups is 1. The highest BCUT2D eigenvalue weighted by atomic mass is 16.5. The number of pyridine rings is 1. The SMILES string of the molecule is O=C(O)c1nccc2c1OB(O)[C@@H]1CC21. The van der Waals surface area contributed by atoms with Crippen LogP contribution in [0.15, 0.2) is 12.3 Å². The fraction of sp³-hybridized carbons (Fsp3) is 0.333. The first kappa shape index (κ1) is 8.73. The number of carboxylic acid groups (broad SMARTS) is 1. The van der Waals surface area contributed by atoms with Crippen LogP contribution in [0.25, 0.3) is 0 Å². The number of carboxylic acids is 1. The van der Waals surface area contributed by atoms with Gasteiger partial charge in [-0.3, -0.25) is 0 Å². The molecule has 1 saturated carbocycles. The average molecular weight is 205 g/mol. The molecule has 6 heteroatoms. The van der Waals surface area contributed by atoms with Gasteiger partial charge in [-0.15, -0.1) is 0 Å². The summed E-state index contributed by atoms with van der Waals surface area (Å²) in [5.41, 5.74) is 0.745. The average Bonchev–Trinajstić information content (AvgIpc) is 2.97. The summed E-state index contributed by atoms with van der Waals surface area (Å²) in [6.07, 6.45) is 2.33. The van der Waals surface area contributed by atoms with Gasteiger partial charge in [0.25, 0.3) is 0 Å². The Bertz CT molecular complexity index is 450. The van der Waals surface area contributed by atoms with Crippen LogP contribution >= 0.6 is 0 Å². The molecule has 3 rings (SSSR count). The third-order valence-corrected chi connectivity index (χ3v) is 2.98. The topological polar surface area (TPSA) is 79.7 Å². The van der Waals surface area contributed by atoms with E-state index in [1.54, 1.807) is 6.07 Å². The highest BCUT2D eigenvalue weighted by Gasteiger charge is 2.54. The molecule has 2 heterocycles. The Kier molecular flexibility index (Phi) is 1.59. The molecule has 1 unspecified atom stereocenters. The van der Waals surface area contributed by atoms with E-state index >= 15 is 0 Å². The number of aromatic carboxylic acids is 1. The summed E-state index contributed by atoms with van der Waals surface area (Å²) < 4.78 is 5.19. The highest BCUT2D eigenvalue weighted by molar-refractivity contribution is 6.48. The molecule has 1 aliphatic heterocycles. The second kappa shape index (κ2) is 2.73. The Morgan fingerprint density at radius 3 is 3.20 bits per heavy atom. The predicted molar refractivity (Wildman–Crippen MR) is 50.9 cm³/mol. The van der Waals surface area contributed by atoms with Crippen LogP contribution in [0.1, 0.15) is 28.4 Å². The molecular weight excluding hydrogens is 197 g/mol. The molecule has 0 amide bonds. The third-order valence-electron chi connectivity index (χ3n) is 2.98. The number of nitrogens with zero attached hydrogens (tertiary/aromatic N) is 1. The van der Waals surface area contributed by atoms with E-state index in [0.717, 1.165) is 12.0 Å². The first-order chi connectivity index (χ1) is 7.18. The zero-order valence-electron chi connectivity index (χ0n) is 7.75. The lowest BCUT2D eigenvalue weighted by atomic mass is 9.77. The van der Waals surface area contributed by atoms with E-state index < -0.39 is 13.1 Å². The van der Waals surface area contributed by atoms with Gasteiger partial charge in [-0.1, -0.05) is 0 Å².